The Bertz CT molecular complexity index is 1580. The third kappa shape index (κ3) is 2.99. The summed E-state index contributed by atoms with van der Waals surface area (Å²) in [6.07, 6.45) is 3.42. The maximum Gasteiger partial charge on any atom is 0.138 e. The second kappa shape index (κ2) is 7.02. The molecule has 0 radical (unpaired) electrons. The van der Waals surface area contributed by atoms with Crippen LogP contribution in [0, 0.1) is 5.82 Å². The molecule has 0 bridgehead atoms. The second-order valence-corrected chi connectivity index (χ2v) is 7.55. The summed E-state index contributed by atoms with van der Waals surface area (Å²) in [5, 5.41) is 19.2. The maximum absolute atomic E-state index is 13.9. The van der Waals surface area contributed by atoms with Gasteiger partial charge in [0.15, 0.2) is 0 Å². The Balaban J connectivity index is 1.52. The number of nitrogens with one attached hydrogen (secondary N) is 2. The number of aromatic amines is 2. The molecule has 0 aliphatic rings. The first-order valence-corrected chi connectivity index (χ1v) is 10.0. The first kappa shape index (κ1) is 18.3. The monoisotopic (exact) mass is 421 g/mol. The van der Waals surface area contributed by atoms with Crippen LogP contribution in [-0.4, -0.2) is 30.3 Å². The fraction of sp³-hybridized carbons (Fsp3) is 0. The lowest BCUT2D eigenvalue weighted by atomic mass is 10.0. The molecular formula is C25H16FN5O. The molecule has 4 aromatic heterocycles. The number of pyridine rings is 2. The molecule has 0 aliphatic heterocycles. The first-order chi connectivity index (χ1) is 15.7. The van der Waals surface area contributed by atoms with Crippen LogP contribution in [0.3, 0.4) is 0 Å². The molecule has 2 aromatic carbocycles. The number of rotatable bonds is 3. The molecule has 3 N–H and O–H groups in total. The summed E-state index contributed by atoms with van der Waals surface area (Å²) in [6, 6.07) is 19.6. The maximum atomic E-state index is 13.9. The molecule has 0 atom stereocenters. The zero-order valence-electron chi connectivity index (χ0n) is 16.7. The molecule has 6 rings (SSSR count). The highest BCUT2D eigenvalue weighted by molar-refractivity contribution is 6.00. The first-order valence-electron chi connectivity index (χ1n) is 10.0. The Morgan fingerprint density at radius 2 is 1.75 bits per heavy atom. The topological polar surface area (TPSA) is 90.5 Å². The molecule has 0 aliphatic carbocycles. The summed E-state index contributed by atoms with van der Waals surface area (Å²) < 4.78 is 13.9. The SMILES string of the molecule is Oc1cc(F)cc(-c2ccnc3[nH]c(-c4n[nH]c5ccc(-c6ccccn6)cc45)cc23)c1. The van der Waals surface area contributed by atoms with E-state index in [0.717, 1.165) is 50.6 Å². The standard InChI is InChI=1S/C25H16FN5O/c26-16-9-15(10-17(32)12-16)18-6-8-28-25-19(18)13-23(29-25)24-20-11-14(4-5-22(20)30-31-24)21-3-1-2-7-27-21/h1-13,32H,(H,28,29)(H,30,31). The molecule has 0 saturated carbocycles. The Morgan fingerprint density at radius 1 is 0.812 bits per heavy atom. The number of nitrogens with zero attached hydrogens (tertiary/aromatic N) is 3. The van der Waals surface area contributed by atoms with E-state index in [0.29, 0.717) is 11.2 Å². The molecule has 6 nitrogen and oxygen atoms in total. The van der Waals surface area contributed by atoms with Crippen molar-refractivity contribution >= 4 is 21.9 Å². The quantitative estimate of drug-likeness (QED) is 0.343. The van der Waals surface area contributed by atoms with Gasteiger partial charge in [-0.15, -0.1) is 0 Å². The van der Waals surface area contributed by atoms with Crippen LogP contribution in [-0.2, 0) is 0 Å². The van der Waals surface area contributed by atoms with Gasteiger partial charge in [0.05, 0.1) is 16.9 Å². The predicted octanol–water partition coefficient (Wildman–Crippen LogP) is 5.68. The van der Waals surface area contributed by atoms with E-state index < -0.39 is 5.82 Å². The zero-order chi connectivity index (χ0) is 21.7. The number of benzene rings is 2. The highest BCUT2D eigenvalue weighted by Crippen LogP contribution is 2.35. The highest BCUT2D eigenvalue weighted by atomic mass is 19.1. The lowest BCUT2D eigenvalue weighted by molar-refractivity contribution is 0.469. The van der Waals surface area contributed by atoms with Gasteiger partial charge in [0.25, 0.3) is 0 Å². The van der Waals surface area contributed by atoms with Crippen molar-refractivity contribution in [3.05, 3.63) is 84.9 Å². The van der Waals surface area contributed by atoms with Gasteiger partial charge in [0.1, 0.15) is 22.9 Å². The number of halogens is 1. The van der Waals surface area contributed by atoms with Crippen LogP contribution < -0.4 is 0 Å². The lowest BCUT2D eigenvalue weighted by Gasteiger charge is -2.04. The van der Waals surface area contributed by atoms with Gasteiger partial charge in [-0.1, -0.05) is 12.1 Å². The van der Waals surface area contributed by atoms with Gasteiger partial charge >= 0.3 is 0 Å². The molecule has 0 unspecified atom stereocenters. The van der Waals surface area contributed by atoms with E-state index in [4.69, 9.17) is 0 Å². The zero-order valence-corrected chi connectivity index (χ0v) is 16.7. The Hall–Kier alpha value is -4.52. The van der Waals surface area contributed by atoms with E-state index in [2.05, 4.69) is 31.2 Å². The fourth-order valence-corrected chi connectivity index (χ4v) is 4.05. The fourth-order valence-electron chi connectivity index (χ4n) is 4.05. The van der Waals surface area contributed by atoms with Gasteiger partial charge in [-0.2, -0.15) is 5.10 Å². The molecule has 6 aromatic rings. The number of fused-ring (bicyclic) bond motifs is 2. The molecule has 0 saturated heterocycles. The van der Waals surface area contributed by atoms with Crippen molar-refractivity contribution in [3.63, 3.8) is 0 Å². The molecule has 0 fully saturated rings. The number of aromatic hydroxyl groups is 1. The van der Waals surface area contributed by atoms with E-state index in [9.17, 15) is 9.50 Å². The average molecular weight is 421 g/mol. The molecule has 0 amide bonds. The van der Waals surface area contributed by atoms with E-state index in [1.165, 1.54) is 12.1 Å². The summed E-state index contributed by atoms with van der Waals surface area (Å²) >= 11 is 0. The minimum atomic E-state index is -0.499. The Morgan fingerprint density at radius 3 is 2.59 bits per heavy atom. The van der Waals surface area contributed by atoms with Crippen LogP contribution in [0.2, 0.25) is 0 Å². The van der Waals surface area contributed by atoms with Crippen LogP contribution in [0.1, 0.15) is 0 Å². The number of aromatic nitrogens is 5. The van der Waals surface area contributed by atoms with E-state index in [-0.39, 0.29) is 5.75 Å². The highest BCUT2D eigenvalue weighted by Gasteiger charge is 2.15. The number of hydrogen-bond donors (Lipinski definition) is 3. The third-order valence-electron chi connectivity index (χ3n) is 5.50. The van der Waals surface area contributed by atoms with Crippen molar-refractivity contribution in [1.29, 1.82) is 0 Å². The molecule has 7 heteroatoms. The Labute approximate surface area is 181 Å². The normalized spacial score (nSPS) is 11.4. The van der Waals surface area contributed by atoms with Gasteiger partial charge in [-0.25, -0.2) is 9.37 Å². The number of phenolic OH excluding ortho intramolecular Hbond substituents is 1. The van der Waals surface area contributed by atoms with Crippen LogP contribution in [0.4, 0.5) is 4.39 Å². The van der Waals surface area contributed by atoms with Crippen LogP contribution in [0.25, 0.3) is 55.7 Å². The van der Waals surface area contributed by atoms with Gasteiger partial charge in [-0.05, 0) is 59.7 Å². The van der Waals surface area contributed by atoms with Gasteiger partial charge < -0.3 is 10.1 Å². The van der Waals surface area contributed by atoms with Gasteiger partial charge in [0.2, 0.25) is 0 Å². The van der Waals surface area contributed by atoms with Crippen LogP contribution in [0.15, 0.2) is 79.1 Å². The van der Waals surface area contributed by atoms with Crippen LogP contribution >= 0.6 is 0 Å². The van der Waals surface area contributed by atoms with Crippen molar-refractivity contribution in [2.45, 2.75) is 0 Å². The van der Waals surface area contributed by atoms with Crippen molar-refractivity contribution in [1.82, 2.24) is 25.1 Å². The average Bonchev–Trinajstić information content (AvgIpc) is 3.42. The molecule has 32 heavy (non-hydrogen) atoms. The minimum Gasteiger partial charge on any atom is -0.508 e. The van der Waals surface area contributed by atoms with E-state index in [1.807, 2.05) is 36.4 Å². The minimum absolute atomic E-state index is 0.124. The Kier molecular flexibility index (Phi) is 4.01. The van der Waals surface area contributed by atoms with Gasteiger partial charge in [0, 0.05) is 34.8 Å². The van der Waals surface area contributed by atoms with E-state index >= 15 is 0 Å². The van der Waals surface area contributed by atoms with Crippen molar-refractivity contribution < 1.29 is 9.50 Å². The molecule has 4 heterocycles. The summed E-state index contributed by atoms with van der Waals surface area (Å²) in [5.74, 6) is -0.623. The molecule has 0 spiro atoms. The van der Waals surface area contributed by atoms with E-state index in [1.54, 1.807) is 18.5 Å². The van der Waals surface area contributed by atoms with Crippen molar-refractivity contribution in [2.24, 2.45) is 0 Å². The number of hydrogen-bond acceptors (Lipinski definition) is 4. The summed E-state index contributed by atoms with van der Waals surface area (Å²) in [7, 11) is 0. The molecular weight excluding hydrogens is 405 g/mol. The smallest absolute Gasteiger partial charge is 0.138 e. The number of phenols is 1. The summed E-state index contributed by atoms with van der Waals surface area (Å²) in [4.78, 5) is 12.2. The molecule has 154 valence electrons. The van der Waals surface area contributed by atoms with Crippen molar-refractivity contribution in [3.8, 4) is 39.5 Å². The second-order valence-electron chi connectivity index (χ2n) is 7.55. The number of H-pyrrole nitrogens is 2. The summed E-state index contributed by atoms with van der Waals surface area (Å²) in [5.41, 5.74) is 6.30. The third-order valence-corrected chi connectivity index (χ3v) is 5.50. The summed E-state index contributed by atoms with van der Waals surface area (Å²) in [6.45, 7) is 0. The van der Waals surface area contributed by atoms with Crippen molar-refractivity contribution in [2.75, 3.05) is 0 Å². The predicted molar refractivity (Wildman–Crippen MR) is 121 cm³/mol. The van der Waals surface area contributed by atoms with Gasteiger partial charge in [-0.3, -0.25) is 10.1 Å². The van der Waals surface area contributed by atoms with Crippen LogP contribution in [0.5, 0.6) is 5.75 Å². The largest absolute Gasteiger partial charge is 0.508 e. The lowest BCUT2D eigenvalue weighted by Crippen LogP contribution is -1.84.